The third kappa shape index (κ3) is 2.12. The van der Waals surface area contributed by atoms with Gasteiger partial charge in [-0.05, 0) is 25.7 Å². The van der Waals surface area contributed by atoms with Crippen molar-refractivity contribution in [1.29, 1.82) is 0 Å². The number of rotatable bonds is 3. The van der Waals surface area contributed by atoms with Crippen LogP contribution in [0.5, 0.6) is 0 Å². The molecule has 1 unspecified atom stereocenters. The zero-order valence-corrected chi connectivity index (χ0v) is 9.19. The summed E-state index contributed by atoms with van der Waals surface area (Å²) < 4.78 is 1.90. The number of hydrogen-bond donors (Lipinski definition) is 1. The lowest BCUT2D eigenvalue weighted by Gasteiger charge is -2.26. The highest BCUT2D eigenvalue weighted by molar-refractivity contribution is 5.23. The molecule has 0 bridgehead atoms. The van der Waals surface area contributed by atoms with Crippen molar-refractivity contribution >= 4 is 0 Å². The van der Waals surface area contributed by atoms with Crippen molar-refractivity contribution in [1.82, 2.24) is 9.78 Å². The Morgan fingerprint density at radius 1 is 1.60 bits per heavy atom. The summed E-state index contributed by atoms with van der Waals surface area (Å²) in [4.78, 5) is 0. The van der Waals surface area contributed by atoms with Crippen molar-refractivity contribution in [2.24, 2.45) is 0 Å². The highest BCUT2D eigenvalue weighted by atomic mass is 16.3. The van der Waals surface area contributed by atoms with Gasteiger partial charge in [-0.2, -0.15) is 5.10 Å². The van der Waals surface area contributed by atoms with Crippen LogP contribution in [0.1, 0.15) is 38.2 Å². The topological polar surface area (TPSA) is 38.0 Å². The number of aromatic nitrogens is 2. The van der Waals surface area contributed by atoms with Crippen LogP contribution in [0.3, 0.4) is 0 Å². The molecule has 0 saturated carbocycles. The second kappa shape index (κ2) is 4.19. The first-order chi connectivity index (χ1) is 7.24. The number of nitrogens with zero attached hydrogens (tertiary/aromatic N) is 2. The number of allylic oxidation sites excluding steroid dienone is 1. The lowest BCUT2D eigenvalue weighted by Crippen LogP contribution is -2.24. The summed E-state index contributed by atoms with van der Waals surface area (Å²) in [5, 5.41) is 14.6. The van der Waals surface area contributed by atoms with E-state index in [4.69, 9.17) is 0 Å². The van der Waals surface area contributed by atoms with E-state index in [1.807, 2.05) is 17.0 Å². The molecule has 3 heteroatoms. The molecule has 0 aliphatic heterocycles. The van der Waals surface area contributed by atoms with Gasteiger partial charge < -0.3 is 5.11 Å². The molecule has 1 aromatic rings. The molecule has 15 heavy (non-hydrogen) atoms. The number of aliphatic hydroxyl groups is 1. The van der Waals surface area contributed by atoms with Gasteiger partial charge in [0.05, 0.1) is 6.20 Å². The maximum absolute atomic E-state index is 10.4. The molecule has 1 atom stereocenters. The van der Waals surface area contributed by atoms with Gasteiger partial charge in [0.15, 0.2) is 0 Å². The van der Waals surface area contributed by atoms with E-state index in [9.17, 15) is 5.11 Å². The van der Waals surface area contributed by atoms with Crippen molar-refractivity contribution in [3.63, 3.8) is 0 Å². The second-order valence-electron chi connectivity index (χ2n) is 4.21. The monoisotopic (exact) mass is 206 g/mol. The van der Waals surface area contributed by atoms with Crippen LogP contribution >= 0.6 is 0 Å². The molecule has 0 amide bonds. The summed E-state index contributed by atoms with van der Waals surface area (Å²) in [5.74, 6) is 0. The first-order valence-corrected chi connectivity index (χ1v) is 5.67. The smallest absolute Gasteiger partial charge is 0.111 e. The lowest BCUT2D eigenvalue weighted by atomic mass is 9.86. The first-order valence-electron chi connectivity index (χ1n) is 5.67. The molecule has 0 spiro atoms. The third-order valence-corrected chi connectivity index (χ3v) is 2.91. The van der Waals surface area contributed by atoms with Gasteiger partial charge in [-0.1, -0.05) is 19.1 Å². The lowest BCUT2D eigenvalue weighted by molar-refractivity contribution is 0.0725. The molecule has 0 radical (unpaired) electrons. The standard InChI is InChI=1S/C12H18N2O/c1-2-8-14-10-11(9-13-14)12(15)6-4-3-5-7-12/h4,6,9-10,15H,2-3,5,7-8H2,1H3. The normalized spacial score (nSPS) is 25.7. The molecule has 1 aliphatic rings. The van der Waals surface area contributed by atoms with Crippen molar-refractivity contribution in [2.75, 3.05) is 0 Å². The van der Waals surface area contributed by atoms with Crippen molar-refractivity contribution in [3.05, 3.63) is 30.1 Å². The molecule has 1 aromatic heterocycles. The van der Waals surface area contributed by atoms with Gasteiger partial charge in [-0.15, -0.1) is 0 Å². The summed E-state index contributed by atoms with van der Waals surface area (Å²) in [6.07, 6.45) is 11.7. The van der Waals surface area contributed by atoms with E-state index in [-0.39, 0.29) is 0 Å². The fourth-order valence-corrected chi connectivity index (χ4v) is 2.03. The van der Waals surface area contributed by atoms with Crippen molar-refractivity contribution in [2.45, 2.75) is 44.8 Å². The molecular formula is C12H18N2O. The highest BCUT2D eigenvalue weighted by Crippen LogP contribution is 2.31. The summed E-state index contributed by atoms with van der Waals surface area (Å²) >= 11 is 0. The van der Waals surface area contributed by atoms with Crippen LogP contribution in [-0.4, -0.2) is 14.9 Å². The van der Waals surface area contributed by atoms with Crippen LogP contribution in [0.25, 0.3) is 0 Å². The molecule has 1 N–H and O–H groups in total. The zero-order chi connectivity index (χ0) is 10.7. The Morgan fingerprint density at radius 3 is 3.13 bits per heavy atom. The van der Waals surface area contributed by atoms with Gasteiger partial charge in [-0.3, -0.25) is 4.68 Å². The molecule has 2 rings (SSSR count). The van der Waals surface area contributed by atoms with E-state index in [1.165, 1.54) is 0 Å². The SMILES string of the molecule is CCCn1cc(C2(O)C=CCCC2)cn1. The fraction of sp³-hybridized carbons (Fsp3) is 0.583. The van der Waals surface area contributed by atoms with E-state index >= 15 is 0 Å². The molecule has 1 heterocycles. The first kappa shape index (κ1) is 10.4. The third-order valence-electron chi connectivity index (χ3n) is 2.91. The molecule has 3 nitrogen and oxygen atoms in total. The van der Waals surface area contributed by atoms with Gasteiger partial charge in [0, 0.05) is 18.3 Å². The van der Waals surface area contributed by atoms with Crippen LogP contribution in [0.2, 0.25) is 0 Å². The quantitative estimate of drug-likeness (QED) is 0.770. The Bertz CT molecular complexity index is 356. The zero-order valence-electron chi connectivity index (χ0n) is 9.19. The predicted octanol–water partition coefficient (Wildman–Crippen LogP) is 2.22. The summed E-state index contributed by atoms with van der Waals surface area (Å²) in [7, 11) is 0. The van der Waals surface area contributed by atoms with E-state index in [0.29, 0.717) is 0 Å². The summed E-state index contributed by atoms with van der Waals surface area (Å²) in [6.45, 7) is 3.04. The van der Waals surface area contributed by atoms with E-state index in [0.717, 1.165) is 37.8 Å². The average molecular weight is 206 g/mol. The van der Waals surface area contributed by atoms with Gasteiger partial charge >= 0.3 is 0 Å². The molecule has 82 valence electrons. The van der Waals surface area contributed by atoms with E-state index in [1.54, 1.807) is 6.20 Å². The van der Waals surface area contributed by atoms with Crippen LogP contribution in [-0.2, 0) is 12.1 Å². The van der Waals surface area contributed by atoms with Crippen LogP contribution in [0.15, 0.2) is 24.5 Å². The van der Waals surface area contributed by atoms with Gasteiger partial charge in [-0.25, -0.2) is 0 Å². The van der Waals surface area contributed by atoms with Crippen LogP contribution in [0.4, 0.5) is 0 Å². The molecular weight excluding hydrogens is 188 g/mol. The largest absolute Gasteiger partial charge is 0.381 e. The maximum Gasteiger partial charge on any atom is 0.111 e. The second-order valence-corrected chi connectivity index (χ2v) is 4.21. The summed E-state index contributed by atoms with van der Waals surface area (Å²) in [6, 6.07) is 0. The Labute approximate surface area is 90.4 Å². The van der Waals surface area contributed by atoms with Gasteiger partial charge in [0.1, 0.15) is 5.60 Å². The van der Waals surface area contributed by atoms with Crippen molar-refractivity contribution < 1.29 is 5.11 Å². The molecule has 0 fully saturated rings. The van der Waals surface area contributed by atoms with Gasteiger partial charge in [0.2, 0.25) is 0 Å². The molecule has 1 aliphatic carbocycles. The average Bonchev–Trinajstić information content (AvgIpc) is 2.69. The Morgan fingerprint density at radius 2 is 2.47 bits per heavy atom. The number of hydrogen-bond acceptors (Lipinski definition) is 2. The highest BCUT2D eigenvalue weighted by Gasteiger charge is 2.28. The Hall–Kier alpha value is -1.09. The maximum atomic E-state index is 10.4. The van der Waals surface area contributed by atoms with E-state index in [2.05, 4.69) is 18.1 Å². The minimum absolute atomic E-state index is 0.774. The minimum Gasteiger partial charge on any atom is -0.381 e. The number of aryl methyl sites for hydroxylation is 1. The van der Waals surface area contributed by atoms with Crippen LogP contribution in [0, 0.1) is 0 Å². The minimum atomic E-state index is -0.774. The Kier molecular flexibility index (Phi) is 2.91. The fourth-order valence-electron chi connectivity index (χ4n) is 2.03. The Balaban J connectivity index is 2.20. The molecule has 0 aromatic carbocycles. The summed E-state index contributed by atoms with van der Waals surface area (Å²) in [5.41, 5.74) is 0.149. The van der Waals surface area contributed by atoms with Crippen LogP contribution < -0.4 is 0 Å². The van der Waals surface area contributed by atoms with Crippen molar-refractivity contribution in [3.8, 4) is 0 Å². The van der Waals surface area contributed by atoms with Gasteiger partial charge in [0.25, 0.3) is 0 Å². The molecule has 0 saturated heterocycles. The predicted molar refractivity (Wildman–Crippen MR) is 59.4 cm³/mol. The van der Waals surface area contributed by atoms with E-state index < -0.39 is 5.60 Å².